The number of rotatable bonds is 7. The van der Waals surface area contributed by atoms with Gasteiger partial charge in [-0.2, -0.15) is 0 Å². The van der Waals surface area contributed by atoms with Crippen molar-refractivity contribution in [2.45, 2.75) is 64.0 Å². The van der Waals surface area contributed by atoms with Crippen molar-refractivity contribution in [3.8, 4) is 0 Å². The first-order chi connectivity index (χ1) is 16.1. The van der Waals surface area contributed by atoms with Crippen molar-refractivity contribution in [1.29, 1.82) is 0 Å². The highest BCUT2D eigenvalue weighted by molar-refractivity contribution is 6.42. The lowest BCUT2D eigenvalue weighted by Crippen LogP contribution is -2.36. The van der Waals surface area contributed by atoms with E-state index in [1.165, 1.54) is 0 Å². The van der Waals surface area contributed by atoms with E-state index in [0.29, 0.717) is 22.9 Å². The number of benzene rings is 2. The van der Waals surface area contributed by atoms with E-state index in [4.69, 9.17) is 33.0 Å². The lowest BCUT2D eigenvalue weighted by Gasteiger charge is -2.33. The number of aliphatic hydroxyl groups is 1. The largest absolute Gasteiger partial charge is 0.444 e. The highest BCUT2D eigenvalue weighted by atomic mass is 35.5. The molecule has 0 heterocycles. The maximum absolute atomic E-state index is 12.5. The molecule has 0 aliphatic heterocycles. The highest BCUT2D eigenvalue weighted by Crippen LogP contribution is 2.43. The van der Waals surface area contributed by atoms with Gasteiger partial charge in [0, 0.05) is 18.9 Å². The highest BCUT2D eigenvalue weighted by Gasteiger charge is 2.31. The van der Waals surface area contributed by atoms with Crippen LogP contribution < -0.4 is 10.6 Å². The van der Waals surface area contributed by atoms with Crippen LogP contribution in [0.2, 0.25) is 10.0 Å². The minimum absolute atomic E-state index is 0.0814. The maximum Gasteiger partial charge on any atom is 0.408 e. The van der Waals surface area contributed by atoms with Gasteiger partial charge in [-0.3, -0.25) is 4.79 Å². The van der Waals surface area contributed by atoms with Gasteiger partial charge < -0.3 is 20.5 Å². The van der Waals surface area contributed by atoms with Crippen LogP contribution in [0.4, 0.5) is 4.79 Å². The lowest BCUT2D eigenvalue weighted by molar-refractivity contribution is -0.121. The van der Waals surface area contributed by atoms with Crippen molar-refractivity contribution in [1.82, 2.24) is 10.6 Å². The molecule has 3 rings (SSSR count). The average molecular weight is 507 g/mol. The number of hydrogen-bond acceptors (Lipinski definition) is 4. The molecule has 0 spiro atoms. The molecule has 1 aliphatic rings. The monoisotopic (exact) mass is 506 g/mol. The summed E-state index contributed by atoms with van der Waals surface area (Å²) in [4.78, 5) is 24.5. The molecule has 2 aromatic rings. The predicted octanol–water partition coefficient (Wildman–Crippen LogP) is 5.53. The normalized spacial score (nSPS) is 17.6. The molecule has 8 heteroatoms. The summed E-state index contributed by atoms with van der Waals surface area (Å²) in [6, 6.07) is 11.7. The number of halogens is 2. The summed E-state index contributed by atoms with van der Waals surface area (Å²) in [5, 5.41) is 15.6. The smallest absolute Gasteiger partial charge is 0.408 e. The van der Waals surface area contributed by atoms with Gasteiger partial charge in [-0.15, -0.1) is 0 Å². The summed E-state index contributed by atoms with van der Waals surface area (Å²) in [6.07, 6.45) is 2.02. The number of hydrogen-bond donors (Lipinski definition) is 3. The molecule has 0 aromatic heterocycles. The molecule has 184 valence electrons. The third-order valence-electron chi connectivity index (χ3n) is 5.76. The third-order valence-corrected chi connectivity index (χ3v) is 6.50. The zero-order valence-electron chi connectivity index (χ0n) is 19.8. The fourth-order valence-electron chi connectivity index (χ4n) is 4.26. The lowest BCUT2D eigenvalue weighted by atomic mass is 9.76. The quantitative estimate of drug-likeness (QED) is 0.460. The summed E-state index contributed by atoms with van der Waals surface area (Å²) in [5.74, 6) is -0.0121. The number of carbonyl (C=O) groups excluding carboxylic acids is 2. The fourth-order valence-corrected chi connectivity index (χ4v) is 4.57. The summed E-state index contributed by atoms with van der Waals surface area (Å²) in [6.45, 7) is 5.68. The Hall–Kier alpha value is -2.28. The van der Waals surface area contributed by atoms with E-state index < -0.39 is 11.7 Å². The molecule has 0 bridgehead atoms. The van der Waals surface area contributed by atoms with E-state index in [0.717, 1.165) is 35.1 Å². The third kappa shape index (κ3) is 7.11. The van der Waals surface area contributed by atoms with Crippen molar-refractivity contribution >= 4 is 35.2 Å². The Kier molecular flexibility index (Phi) is 8.85. The number of aliphatic hydroxyl groups excluding tert-OH is 1. The average Bonchev–Trinajstić information content (AvgIpc) is 2.77. The van der Waals surface area contributed by atoms with Crippen LogP contribution in [0.5, 0.6) is 0 Å². The van der Waals surface area contributed by atoms with Crippen molar-refractivity contribution in [3.05, 3.63) is 68.7 Å². The number of ether oxygens (including phenoxy) is 1. The van der Waals surface area contributed by atoms with E-state index in [1.54, 1.807) is 6.07 Å². The van der Waals surface area contributed by atoms with Gasteiger partial charge in [-0.1, -0.05) is 47.5 Å². The van der Waals surface area contributed by atoms with E-state index >= 15 is 0 Å². The van der Waals surface area contributed by atoms with Crippen molar-refractivity contribution < 1.29 is 19.4 Å². The summed E-state index contributed by atoms with van der Waals surface area (Å²) < 4.78 is 5.47. The number of nitrogens with one attached hydrogen (secondary N) is 2. The van der Waals surface area contributed by atoms with Gasteiger partial charge in [0.1, 0.15) is 5.60 Å². The molecule has 1 aliphatic carbocycles. The molecule has 0 fully saturated rings. The molecule has 2 amide bonds. The van der Waals surface area contributed by atoms with Gasteiger partial charge in [-0.05, 0) is 74.4 Å². The fraction of sp³-hybridized carbons (Fsp3) is 0.462. The van der Waals surface area contributed by atoms with Crippen LogP contribution in [0.25, 0.3) is 0 Å². The summed E-state index contributed by atoms with van der Waals surface area (Å²) >= 11 is 12.4. The molecule has 2 aromatic carbocycles. The number of aryl methyl sites for hydroxylation is 1. The van der Waals surface area contributed by atoms with Crippen LogP contribution in [-0.4, -0.2) is 35.9 Å². The van der Waals surface area contributed by atoms with E-state index in [-0.39, 0.29) is 31.0 Å². The SMILES string of the molecule is CC(C)(C)OC(=O)N[C@H]1CC[C@@H](c2ccc(Cl)c(Cl)c2)c2cc(CCC(=O)NCCO)ccc21. The van der Waals surface area contributed by atoms with Crippen LogP contribution in [0, 0.1) is 0 Å². The Morgan fingerprint density at radius 2 is 1.82 bits per heavy atom. The maximum atomic E-state index is 12.5. The Morgan fingerprint density at radius 1 is 1.06 bits per heavy atom. The van der Waals surface area contributed by atoms with Crippen LogP contribution in [0.15, 0.2) is 36.4 Å². The Bertz CT molecular complexity index is 1040. The van der Waals surface area contributed by atoms with Crippen LogP contribution >= 0.6 is 23.2 Å². The van der Waals surface area contributed by atoms with Crippen molar-refractivity contribution in [2.24, 2.45) is 0 Å². The molecule has 0 saturated carbocycles. The topological polar surface area (TPSA) is 87.7 Å². The molecule has 0 radical (unpaired) electrons. The first-order valence-corrected chi connectivity index (χ1v) is 12.3. The van der Waals surface area contributed by atoms with Crippen LogP contribution in [-0.2, 0) is 16.0 Å². The van der Waals surface area contributed by atoms with Crippen molar-refractivity contribution in [3.63, 3.8) is 0 Å². The molecule has 2 atom stereocenters. The van der Waals surface area contributed by atoms with E-state index in [9.17, 15) is 9.59 Å². The van der Waals surface area contributed by atoms with Crippen LogP contribution in [0.3, 0.4) is 0 Å². The van der Waals surface area contributed by atoms with Gasteiger partial charge in [0.05, 0.1) is 22.7 Å². The second-order valence-electron chi connectivity index (χ2n) is 9.54. The molecule has 3 N–H and O–H groups in total. The minimum atomic E-state index is -0.579. The summed E-state index contributed by atoms with van der Waals surface area (Å²) in [5.41, 5.74) is 3.63. The van der Waals surface area contributed by atoms with E-state index in [1.807, 2.05) is 45.0 Å². The van der Waals surface area contributed by atoms with E-state index in [2.05, 4.69) is 16.7 Å². The molecule has 34 heavy (non-hydrogen) atoms. The number of amides is 2. The first-order valence-electron chi connectivity index (χ1n) is 11.5. The van der Waals surface area contributed by atoms with Crippen molar-refractivity contribution in [2.75, 3.05) is 13.2 Å². The standard InChI is InChI=1S/C26H32Cl2N2O4/c1-26(2,3)34-25(33)30-23-10-8-18(17-6-9-21(27)22(28)15-17)20-14-16(4-7-19(20)23)5-11-24(32)29-12-13-31/h4,6-7,9,14-15,18,23,31H,5,8,10-13H2,1-3H3,(H,29,32)(H,30,33)/t18-,23-/m0/s1. The molecule has 0 saturated heterocycles. The molecule has 6 nitrogen and oxygen atoms in total. The minimum Gasteiger partial charge on any atom is -0.444 e. The first kappa shape index (κ1) is 26.3. The van der Waals surface area contributed by atoms with Gasteiger partial charge in [0.25, 0.3) is 0 Å². The van der Waals surface area contributed by atoms with Gasteiger partial charge in [0.2, 0.25) is 5.91 Å². The number of fused-ring (bicyclic) bond motifs is 1. The van der Waals surface area contributed by atoms with Gasteiger partial charge in [-0.25, -0.2) is 4.79 Å². The molecular formula is C26H32Cl2N2O4. The molecule has 0 unspecified atom stereocenters. The summed E-state index contributed by atoms with van der Waals surface area (Å²) in [7, 11) is 0. The number of carbonyl (C=O) groups is 2. The second-order valence-corrected chi connectivity index (χ2v) is 10.4. The molecular weight excluding hydrogens is 475 g/mol. The van der Waals surface area contributed by atoms with Gasteiger partial charge >= 0.3 is 6.09 Å². The second kappa shape index (κ2) is 11.4. The zero-order valence-corrected chi connectivity index (χ0v) is 21.3. The Balaban J connectivity index is 1.88. The van der Waals surface area contributed by atoms with Gasteiger partial charge in [0.15, 0.2) is 0 Å². The Labute approximate surface area is 211 Å². The zero-order chi connectivity index (χ0) is 24.9. The van der Waals surface area contributed by atoms with Crippen LogP contribution in [0.1, 0.15) is 74.2 Å². The Morgan fingerprint density at radius 3 is 2.50 bits per heavy atom. The predicted molar refractivity (Wildman–Crippen MR) is 135 cm³/mol. The number of alkyl carbamates (subject to hydrolysis) is 1.